The van der Waals surface area contributed by atoms with Crippen molar-refractivity contribution in [1.29, 1.82) is 0 Å². The highest BCUT2D eigenvalue weighted by molar-refractivity contribution is 5.78. The minimum Gasteiger partial charge on any atom is -0.351 e. The predicted molar refractivity (Wildman–Crippen MR) is 64.1 cm³/mol. The van der Waals surface area contributed by atoms with E-state index in [2.05, 4.69) is 29.7 Å². The van der Waals surface area contributed by atoms with E-state index in [1.54, 1.807) is 0 Å². The molecule has 1 fully saturated rings. The van der Waals surface area contributed by atoms with E-state index in [0.717, 1.165) is 5.56 Å². The van der Waals surface area contributed by atoms with Crippen LogP contribution in [0, 0.1) is 6.92 Å². The summed E-state index contributed by atoms with van der Waals surface area (Å²) in [4.78, 5) is 11.5. The molecule has 0 aliphatic heterocycles. The van der Waals surface area contributed by atoms with Gasteiger partial charge in [0.2, 0.25) is 5.91 Å². The number of nitrogens with one attached hydrogen (secondary N) is 2. The summed E-state index contributed by atoms with van der Waals surface area (Å²) in [6, 6.07) is 8.78. The zero-order valence-electron chi connectivity index (χ0n) is 9.62. The molecule has 2 rings (SSSR count). The zero-order chi connectivity index (χ0) is 11.4. The van der Waals surface area contributed by atoms with Gasteiger partial charge in [-0.3, -0.25) is 4.79 Å². The zero-order valence-corrected chi connectivity index (χ0v) is 9.62. The van der Waals surface area contributed by atoms with Crippen molar-refractivity contribution in [2.24, 2.45) is 0 Å². The van der Waals surface area contributed by atoms with Crippen molar-refractivity contribution in [3.63, 3.8) is 0 Å². The number of amides is 1. The maximum Gasteiger partial charge on any atom is 0.234 e. The van der Waals surface area contributed by atoms with Crippen LogP contribution in [0.4, 0.5) is 0 Å². The first kappa shape index (κ1) is 11.1. The summed E-state index contributed by atoms with van der Waals surface area (Å²) >= 11 is 0. The Balaban J connectivity index is 1.71. The van der Waals surface area contributed by atoms with Gasteiger partial charge in [-0.2, -0.15) is 0 Å². The molecule has 0 radical (unpaired) electrons. The van der Waals surface area contributed by atoms with Crippen molar-refractivity contribution in [1.82, 2.24) is 10.6 Å². The fraction of sp³-hybridized carbons (Fsp3) is 0.462. The van der Waals surface area contributed by atoms with Crippen LogP contribution >= 0.6 is 0 Å². The fourth-order valence-corrected chi connectivity index (χ4v) is 1.61. The molecule has 2 N–H and O–H groups in total. The van der Waals surface area contributed by atoms with Gasteiger partial charge in [0.05, 0.1) is 6.54 Å². The molecule has 1 aliphatic rings. The summed E-state index contributed by atoms with van der Waals surface area (Å²) in [6.07, 6.45) is 2.43. The van der Waals surface area contributed by atoms with E-state index in [1.165, 1.54) is 18.4 Å². The molecule has 0 heterocycles. The van der Waals surface area contributed by atoms with Gasteiger partial charge in [0.15, 0.2) is 0 Å². The SMILES string of the molecule is Cc1cccc(CNC(=O)CNC2CC2)c1. The number of hydrogen-bond acceptors (Lipinski definition) is 2. The Bertz CT molecular complexity index is 372. The highest BCUT2D eigenvalue weighted by Crippen LogP contribution is 2.17. The van der Waals surface area contributed by atoms with Crippen LogP contribution < -0.4 is 10.6 Å². The monoisotopic (exact) mass is 218 g/mol. The Morgan fingerprint density at radius 2 is 2.25 bits per heavy atom. The highest BCUT2D eigenvalue weighted by atomic mass is 16.1. The fourth-order valence-electron chi connectivity index (χ4n) is 1.61. The molecule has 1 aromatic rings. The summed E-state index contributed by atoms with van der Waals surface area (Å²) in [7, 11) is 0. The van der Waals surface area contributed by atoms with Crippen molar-refractivity contribution >= 4 is 5.91 Å². The van der Waals surface area contributed by atoms with E-state index >= 15 is 0 Å². The van der Waals surface area contributed by atoms with Gasteiger partial charge in [-0.1, -0.05) is 29.8 Å². The lowest BCUT2D eigenvalue weighted by Crippen LogP contribution is -2.34. The lowest BCUT2D eigenvalue weighted by atomic mass is 10.1. The van der Waals surface area contributed by atoms with Gasteiger partial charge in [0.25, 0.3) is 0 Å². The average molecular weight is 218 g/mol. The third-order valence-electron chi connectivity index (χ3n) is 2.70. The van der Waals surface area contributed by atoms with Crippen LogP contribution in [0.5, 0.6) is 0 Å². The van der Waals surface area contributed by atoms with E-state index in [-0.39, 0.29) is 5.91 Å². The van der Waals surface area contributed by atoms with E-state index < -0.39 is 0 Å². The lowest BCUT2D eigenvalue weighted by Gasteiger charge is -2.06. The van der Waals surface area contributed by atoms with Crippen molar-refractivity contribution < 1.29 is 4.79 Å². The average Bonchev–Trinajstić information content (AvgIpc) is 3.07. The molecule has 1 aliphatic carbocycles. The van der Waals surface area contributed by atoms with Crippen LogP contribution in [-0.4, -0.2) is 18.5 Å². The highest BCUT2D eigenvalue weighted by Gasteiger charge is 2.20. The molecule has 1 saturated carbocycles. The first-order valence-electron chi connectivity index (χ1n) is 5.79. The van der Waals surface area contributed by atoms with Gasteiger partial charge in [-0.05, 0) is 25.3 Å². The van der Waals surface area contributed by atoms with E-state index in [9.17, 15) is 4.79 Å². The molecule has 0 atom stereocenters. The molecule has 0 aromatic heterocycles. The van der Waals surface area contributed by atoms with Crippen LogP contribution in [0.25, 0.3) is 0 Å². The number of benzene rings is 1. The van der Waals surface area contributed by atoms with Gasteiger partial charge in [-0.15, -0.1) is 0 Å². The number of aryl methyl sites for hydroxylation is 1. The van der Waals surface area contributed by atoms with Gasteiger partial charge in [0.1, 0.15) is 0 Å². The lowest BCUT2D eigenvalue weighted by molar-refractivity contribution is -0.120. The molecule has 0 spiro atoms. The Morgan fingerprint density at radius 1 is 1.44 bits per heavy atom. The molecule has 1 aromatic carbocycles. The molecular weight excluding hydrogens is 200 g/mol. The van der Waals surface area contributed by atoms with E-state index in [4.69, 9.17) is 0 Å². The number of rotatable bonds is 5. The standard InChI is InChI=1S/C13H18N2O/c1-10-3-2-4-11(7-10)8-15-13(16)9-14-12-5-6-12/h2-4,7,12,14H,5-6,8-9H2,1H3,(H,15,16). The minimum absolute atomic E-state index is 0.0772. The molecule has 3 nitrogen and oxygen atoms in total. The topological polar surface area (TPSA) is 41.1 Å². The van der Waals surface area contributed by atoms with Crippen LogP contribution in [0.15, 0.2) is 24.3 Å². The van der Waals surface area contributed by atoms with Crippen LogP contribution in [0.2, 0.25) is 0 Å². The molecule has 1 amide bonds. The van der Waals surface area contributed by atoms with E-state index in [0.29, 0.717) is 19.1 Å². The molecule has 86 valence electrons. The Labute approximate surface area is 96.2 Å². The Morgan fingerprint density at radius 3 is 2.94 bits per heavy atom. The Hall–Kier alpha value is -1.35. The maximum absolute atomic E-state index is 11.5. The van der Waals surface area contributed by atoms with Crippen LogP contribution in [-0.2, 0) is 11.3 Å². The second-order valence-corrected chi connectivity index (χ2v) is 4.42. The summed E-state index contributed by atoms with van der Waals surface area (Å²) in [5.41, 5.74) is 2.38. The molecule has 3 heteroatoms. The quantitative estimate of drug-likeness (QED) is 0.783. The van der Waals surface area contributed by atoms with Gasteiger partial charge >= 0.3 is 0 Å². The molecular formula is C13H18N2O. The third-order valence-corrected chi connectivity index (χ3v) is 2.70. The van der Waals surface area contributed by atoms with Crippen LogP contribution in [0.3, 0.4) is 0 Å². The molecule has 0 bridgehead atoms. The molecule has 0 unspecified atom stereocenters. The second-order valence-electron chi connectivity index (χ2n) is 4.42. The summed E-state index contributed by atoms with van der Waals surface area (Å²) in [6.45, 7) is 3.11. The largest absolute Gasteiger partial charge is 0.351 e. The normalized spacial score (nSPS) is 14.8. The molecule has 16 heavy (non-hydrogen) atoms. The summed E-state index contributed by atoms with van der Waals surface area (Å²) < 4.78 is 0. The number of carbonyl (C=O) groups is 1. The van der Waals surface area contributed by atoms with Crippen molar-refractivity contribution in [3.05, 3.63) is 35.4 Å². The number of carbonyl (C=O) groups excluding carboxylic acids is 1. The third kappa shape index (κ3) is 3.66. The number of hydrogen-bond donors (Lipinski definition) is 2. The summed E-state index contributed by atoms with van der Waals surface area (Å²) in [5, 5.41) is 6.10. The molecule has 0 saturated heterocycles. The van der Waals surface area contributed by atoms with Gasteiger partial charge in [0, 0.05) is 12.6 Å². The predicted octanol–water partition coefficient (Wildman–Crippen LogP) is 1.36. The Kier molecular flexibility index (Phi) is 3.57. The van der Waals surface area contributed by atoms with Crippen molar-refractivity contribution in [3.8, 4) is 0 Å². The first-order valence-corrected chi connectivity index (χ1v) is 5.79. The maximum atomic E-state index is 11.5. The van der Waals surface area contributed by atoms with Crippen molar-refractivity contribution in [2.45, 2.75) is 32.4 Å². The van der Waals surface area contributed by atoms with Crippen molar-refractivity contribution in [2.75, 3.05) is 6.54 Å². The first-order chi connectivity index (χ1) is 7.74. The summed E-state index contributed by atoms with van der Waals surface area (Å²) in [5.74, 6) is 0.0772. The second kappa shape index (κ2) is 5.12. The van der Waals surface area contributed by atoms with Gasteiger partial charge in [-0.25, -0.2) is 0 Å². The smallest absolute Gasteiger partial charge is 0.234 e. The van der Waals surface area contributed by atoms with E-state index in [1.807, 2.05) is 12.1 Å². The van der Waals surface area contributed by atoms with Gasteiger partial charge < -0.3 is 10.6 Å². The van der Waals surface area contributed by atoms with Crippen LogP contribution in [0.1, 0.15) is 24.0 Å². The minimum atomic E-state index is 0.0772.